The Kier molecular flexibility index (Phi) is 9.00. The maximum atomic E-state index is 13.7. The molecule has 1 saturated heterocycles. The van der Waals surface area contributed by atoms with Gasteiger partial charge in [-0.3, -0.25) is 14.4 Å². The van der Waals surface area contributed by atoms with Crippen LogP contribution in [-0.4, -0.2) is 53.3 Å². The number of rotatable bonds is 7. The molecule has 7 nitrogen and oxygen atoms in total. The van der Waals surface area contributed by atoms with Crippen molar-refractivity contribution in [1.29, 1.82) is 0 Å². The van der Waals surface area contributed by atoms with Crippen molar-refractivity contribution >= 4 is 23.6 Å². The Hall–Kier alpha value is -1.92. The van der Waals surface area contributed by atoms with Crippen LogP contribution in [0.25, 0.3) is 0 Å². The monoisotopic (exact) mass is 611 g/mol. The molecule has 0 aromatic carbocycles. The van der Waals surface area contributed by atoms with E-state index in [4.69, 9.17) is 9.47 Å². The third-order valence-electron chi connectivity index (χ3n) is 14.3. The molecule has 6 fully saturated rings. The topological polar surface area (TPSA) is 90.0 Å². The Morgan fingerprint density at radius 2 is 1.61 bits per heavy atom. The number of amides is 1. The van der Waals surface area contributed by atoms with Crippen LogP contribution in [0.4, 0.5) is 4.79 Å². The van der Waals surface area contributed by atoms with Gasteiger partial charge in [-0.2, -0.15) is 0 Å². The highest BCUT2D eigenvalue weighted by atomic mass is 16.6. The molecule has 246 valence electrons. The molecule has 1 amide bonds. The lowest BCUT2D eigenvalue weighted by Gasteiger charge is -2.59. The van der Waals surface area contributed by atoms with E-state index in [0.29, 0.717) is 86.9 Å². The molecule has 1 heterocycles. The largest absolute Gasteiger partial charge is 0.462 e. The zero-order valence-corrected chi connectivity index (χ0v) is 27.9. The normalized spacial score (nSPS) is 39.3. The lowest BCUT2D eigenvalue weighted by Crippen LogP contribution is -2.57. The minimum Gasteiger partial charge on any atom is -0.462 e. The van der Waals surface area contributed by atoms with Crippen molar-refractivity contribution in [1.82, 2.24) is 4.90 Å². The zero-order chi connectivity index (χ0) is 31.3. The van der Waals surface area contributed by atoms with Gasteiger partial charge in [0.15, 0.2) is 0 Å². The number of esters is 1. The summed E-state index contributed by atoms with van der Waals surface area (Å²) < 4.78 is 11.9. The standard InChI is InChI=1S/C37H57NO6/c1-5-37(16-6-7-17-37)44-34(42)38-20-14-27(15-21-38)43-32(41)11-8-24(2)28-9-10-29-33-30(13-19-36(28,29)4)35(3)18-12-26(39)22-25(35)23-31(33)40/h24-25,27-30,33H,5-23H2,1-4H3/t24-,25+,28?,29+,30+,33+,35+,36-/m1/s1. The summed E-state index contributed by atoms with van der Waals surface area (Å²) in [4.78, 5) is 53.5. The number of nitrogens with zero attached hydrogens (tertiary/aromatic N) is 1. The molecule has 6 rings (SSSR count). The Morgan fingerprint density at radius 1 is 0.909 bits per heavy atom. The summed E-state index contributed by atoms with van der Waals surface area (Å²) in [5.74, 6) is 2.84. The van der Waals surface area contributed by atoms with Crippen molar-refractivity contribution in [2.45, 2.75) is 149 Å². The van der Waals surface area contributed by atoms with Crippen LogP contribution in [0.5, 0.6) is 0 Å². The predicted octanol–water partition coefficient (Wildman–Crippen LogP) is 7.68. The van der Waals surface area contributed by atoms with Crippen LogP contribution >= 0.6 is 0 Å². The van der Waals surface area contributed by atoms with Gasteiger partial charge in [-0.05, 0) is 111 Å². The second kappa shape index (κ2) is 12.4. The number of hydrogen-bond donors (Lipinski definition) is 0. The Balaban J connectivity index is 0.976. The van der Waals surface area contributed by atoms with E-state index in [1.165, 1.54) is 0 Å². The Bertz CT molecular complexity index is 1120. The fraction of sp³-hybridized carbons (Fsp3) is 0.892. The second-order valence-electron chi connectivity index (χ2n) is 16.4. The number of carbonyl (C=O) groups excluding carboxylic acids is 4. The van der Waals surface area contributed by atoms with E-state index < -0.39 is 0 Å². The van der Waals surface area contributed by atoms with Crippen LogP contribution in [-0.2, 0) is 23.9 Å². The van der Waals surface area contributed by atoms with Crippen molar-refractivity contribution in [3.05, 3.63) is 0 Å². The highest BCUT2D eigenvalue weighted by Crippen LogP contribution is 2.67. The summed E-state index contributed by atoms with van der Waals surface area (Å²) in [5, 5.41) is 0. The molecule has 0 N–H and O–H groups in total. The molecule has 0 radical (unpaired) electrons. The van der Waals surface area contributed by atoms with E-state index in [1.54, 1.807) is 4.90 Å². The zero-order valence-electron chi connectivity index (χ0n) is 27.9. The van der Waals surface area contributed by atoms with E-state index >= 15 is 0 Å². The van der Waals surface area contributed by atoms with Gasteiger partial charge in [0.1, 0.15) is 23.3 Å². The molecule has 7 heteroatoms. The van der Waals surface area contributed by atoms with E-state index in [0.717, 1.165) is 70.6 Å². The Labute approximate surface area is 264 Å². The van der Waals surface area contributed by atoms with Gasteiger partial charge in [0.2, 0.25) is 0 Å². The smallest absolute Gasteiger partial charge is 0.410 e. The van der Waals surface area contributed by atoms with Gasteiger partial charge in [-0.25, -0.2) is 4.79 Å². The van der Waals surface area contributed by atoms with Crippen molar-refractivity contribution in [2.24, 2.45) is 46.3 Å². The Morgan fingerprint density at radius 3 is 2.32 bits per heavy atom. The first-order chi connectivity index (χ1) is 21.0. The summed E-state index contributed by atoms with van der Waals surface area (Å²) in [6.45, 7) is 10.4. The van der Waals surface area contributed by atoms with Crippen molar-refractivity contribution in [3.8, 4) is 0 Å². The maximum absolute atomic E-state index is 13.7. The minimum absolute atomic E-state index is 0.120. The molecule has 0 aromatic rings. The van der Waals surface area contributed by atoms with Gasteiger partial charge in [-0.1, -0.05) is 27.7 Å². The molecule has 6 aliphatic rings. The number of fused-ring (bicyclic) bond motifs is 5. The van der Waals surface area contributed by atoms with Crippen LogP contribution in [0, 0.1) is 46.3 Å². The fourth-order valence-electron chi connectivity index (χ4n) is 11.4. The SMILES string of the molecule is CCC1(OC(=O)N2CCC(OC(=O)CC[C@@H](C)C3CC[C@H]4[C@@H]5C(=O)C[C@@H]6CC(=O)CC[C@]6(C)[C@H]5CC[C@]34C)CC2)CCCC1. The highest BCUT2D eigenvalue weighted by Gasteiger charge is 2.63. The molecule has 0 aromatic heterocycles. The number of ether oxygens (including phenoxy) is 2. The first kappa shape index (κ1) is 32.0. The number of carbonyl (C=O) groups is 4. The van der Waals surface area contributed by atoms with Crippen molar-refractivity contribution < 1.29 is 28.7 Å². The quantitative estimate of drug-likeness (QED) is 0.274. The number of likely N-dealkylation sites (tertiary alicyclic amines) is 1. The average Bonchev–Trinajstić information content (AvgIpc) is 3.61. The van der Waals surface area contributed by atoms with E-state index in [1.807, 2.05) is 0 Å². The first-order valence-electron chi connectivity index (χ1n) is 18.2. The average molecular weight is 612 g/mol. The van der Waals surface area contributed by atoms with Gasteiger partial charge >= 0.3 is 12.1 Å². The van der Waals surface area contributed by atoms with Crippen molar-refractivity contribution in [2.75, 3.05) is 13.1 Å². The van der Waals surface area contributed by atoms with Crippen molar-refractivity contribution in [3.63, 3.8) is 0 Å². The van der Waals surface area contributed by atoms with Crippen LogP contribution in [0.3, 0.4) is 0 Å². The summed E-state index contributed by atoms with van der Waals surface area (Å²) >= 11 is 0. The molecule has 5 aliphatic carbocycles. The van der Waals surface area contributed by atoms with Crippen LogP contribution < -0.4 is 0 Å². The summed E-state index contributed by atoms with van der Waals surface area (Å²) in [6.07, 6.45) is 14.7. The van der Waals surface area contributed by atoms with Crippen LogP contribution in [0.2, 0.25) is 0 Å². The number of piperidine rings is 1. The molecule has 0 spiro atoms. The number of hydrogen-bond acceptors (Lipinski definition) is 6. The third kappa shape index (κ3) is 5.76. The van der Waals surface area contributed by atoms with Gasteiger partial charge < -0.3 is 14.4 Å². The molecule has 44 heavy (non-hydrogen) atoms. The maximum Gasteiger partial charge on any atom is 0.410 e. The van der Waals surface area contributed by atoms with Gasteiger partial charge in [0, 0.05) is 57.5 Å². The molecular weight excluding hydrogens is 554 g/mol. The predicted molar refractivity (Wildman–Crippen MR) is 168 cm³/mol. The molecule has 0 bridgehead atoms. The fourth-order valence-corrected chi connectivity index (χ4v) is 11.4. The molecule has 5 saturated carbocycles. The summed E-state index contributed by atoms with van der Waals surface area (Å²) in [5.41, 5.74) is -0.00743. The van der Waals surface area contributed by atoms with E-state index in [2.05, 4.69) is 27.7 Å². The summed E-state index contributed by atoms with van der Waals surface area (Å²) in [6, 6.07) is 0. The molecule has 8 atom stereocenters. The molecular formula is C37H57NO6. The minimum atomic E-state index is -0.281. The van der Waals surface area contributed by atoms with E-state index in [-0.39, 0.29) is 46.4 Å². The van der Waals surface area contributed by atoms with Gasteiger partial charge in [0.25, 0.3) is 0 Å². The second-order valence-corrected chi connectivity index (χ2v) is 16.4. The first-order valence-corrected chi connectivity index (χ1v) is 18.2. The lowest BCUT2D eigenvalue weighted by molar-refractivity contribution is -0.159. The number of ketones is 2. The number of Topliss-reactive ketones (excluding diaryl/α,β-unsaturated/α-hetero) is 2. The van der Waals surface area contributed by atoms with Crippen LogP contribution in [0.15, 0.2) is 0 Å². The van der Waals surface area contributed by atoms with Gasteiger partial charge in [0.05, 0.1) is 0 Å². The van der Waals surface area contributed by atoms with E-state index in [9.17, 15) is 19.2 Å². The summed E-state index contributed by atoms with van der Waals surface area (Å²) in [7, 11) is 0. The molecule has 1 unspecified atom stereocenters. The van der Waals surface area contributed by atoms with Gasteiger partial charge in [-0.15, -0.1) is 0 Å². The highest BCUT2D eigenvalue weighted by molar-refractivity contribution is 5.86. The molecule has 1 aliphatic heterocycles. The third-order valence-corrected chi connectivity index (χ3v) is 14.3. The van der Waals surface area contributed by atoms with Crippen LogP contribution in [0.1, 0.15) is 137 Å². The lowest BCUT2D eigenvalue weighted by atomic mass is 9.44.